The lowest BCUT2D eigenvalue weighted by Gasteiger charge is -2.31. The summed E-state index contributed by atoms with van der Waals surface area (Å²) in [5, 5.41) is 8.69. The predicted octanol–water partition coefficient (Wildman–Crippen LogP) is 1.70. The zero-order chi connectivity index (χ0) is 18.4. The number of hydrogen-bond acceptors (Lipinski definition) is 5. The largest absolute Gasteiger partial charge is 0.357 e. The van der Waals surface area contributed by atoms with Gasteiger partial charge in [0.15, 0.2) is 15.8 Å². The van der Waals surface area contributed by atoms with Crippen LogP contribution in [0.5, 0.6) is 0 Å². The molecule has 1 aromatic heterocycles. The van der Waals surface area contributed by atoms with Gasteiger partial charge in [0, 0.05) is 30.6 Å². The van der Waals surface area contributed by atoms with Crippen molar-refractivity contribution in [3.8, 4) is 0 Å². The summed E-state index contributed by atoms with van der Waals surface area (Å²) in [6.07, 6.45) is 3.02. The molecule has 146 valence electrons. The van der Waals surface area contributed by atoms with Crippen LogP contribution in [0.15, 0.2) is 22.5 Å². The number of rotatable bonds is 6. The van der Waals surface area contributed by atoms with Crippen molar-refractivity contribution in [1.29, 1.82) is 0 Å². The number of nitrogens with zero attached hydrogens (tertiary/aromatic N) is 2. The zero-order valence-corrected chi connectivity index (χ0v) is 17.1. The van der Waals surface area contributed by atoms with Crippen molar-refractivity contribution in [2.24, 2.45) is 10.9 Å². The van der Waals surface area contributed by atoms with E-state index in [1.807, 2.05) is 18.3 Å². The summed E-state index contributed by atoms with van der Waals surface area (Å²) in [7, 11) is -2.87. The maximum absolute atomic E-state index is 11.6. The van der Waals surface area contributed by atoms with E-state index in [1.54, 1.807) is 0 Å². The van der Waals surface area contributed by atoms with Gasteiger partial charge in [-0.2, -0.15) is 0 Å². The highest BCUT2D eigenvalue weighted by Gasteiger charge is 2.28. The van der Waals surface area contributed by atoms with E-state index in [-0.39, 0.29) is 17.5 Å². The van der Waals surface area contributed by atoms with Crippen LogP contribution in [0.25, 0.3) is 0 Å². The molecule has 0 bridgehead atoms. The second kappa shape index (κ2) is 9.19. The van der Waals surface area contributed by atoms with Crippen molar-refractivity contribution < 1.29 is 8.42 Å². The Labute approximate surface area is 161 Å². The van der Waals surface area contributed by atoms with E-state index < -0.39 is 9.84 Å². The quantitative estimate of drug-likeness (QED) is 0.564. The van der Waals surface area contributed by atoms with Crippen molar-refractivity contribution in [3.05, 3.63) is 22.4 Å². The van der Waals surface area contributed by atoms with Crippen molar-refractivity contribution in [3.63, 3.8) is 0 Å². The lowest BCUT2D eigenvalue weighted by Crippen LogP contribution is -2.44. The first kappa shape index (κ1) is 19.6. The summed E-state index contributed by atoms with van der Waals surface area (Å²) in [6.45, 7) is 6.94. The minimum Gasteiger partial charge on any atom is -0.357 e. The summed E-state index contributed by atoms with van der Waals surface area (Å²) >= 11 is 1.83. The van der Waals surface area contributed by atoms with Crippen molar-refractivity contribution in [2.75, 3.05) is 37.7 Å². The van der Waals surface area contributed by atoms with Crippen molar-refractivity contribution >= 4 is 27.1 Å². The van der Waals surface area contributed by atoms with Gasteiger partial charge >= 0.3 is 0 Å². The second-order valence-electron chi connectivity index (χ2n) is 7.26. The minimum absolute atomic E-state index is 0.00885. The normalized spacial score (nSPS) is 24.7. The maximum Gasteiger partial charge on any atom is 0.191 e. The monoisotopic (exact) mass is 398 g/mol. The minimum atomic E-state index is -2.87. The van der Waals surface area contributed by atoms with E-state index in [4.69, 9.17) is 4.99 Å². The van der Waals surface area contributed by atoms with Gasteiger partial charge in [0.2, 0.25) is 0 Å². The Bertz CT molecular complexity index is 680. The Morgan fingerprint density at radius 2 is 2.15 bits per heavy atom. The van der Waals surface area contributed by atoms with E-state index in [0.29, 0.717) is 12.3 Å². The molecule has 0 saturated carbocycles. The number of aliphatic imine (C=N–C) groups is 1. The molecule has 0 amide bonds. The lowest BCUT2D eigenvalue weighted by atomic mass is 9.97. The first-order valence-corrected chi connectivity index (χ1v) is 12.2. The highest BCUT2D eigenvalue weighted by molar-refractivity contribution is 7.91. The molecule has 6 nitrogen and oxygen atoms in total. The SMILES string of the molecule is CCNC(=NCC1CCN(Cc2cccs2)CC1)NC1CCS(=O)(=O)C1. The summed E-state index contributed by atoms with van der Waals surface area (Å²) < 4.78 is 23.3. The van der Waals surface area contributed by atoms with Gasteiger partial charge in [-0.3, -0.25) is 9.89 Å². The molecule has 0 aromatic carbocycles. The molecule has 1 aromatic rings. The maximum atomic E-state index is 11.6. The fourth-order valence-electron chi connectivity index (χ4n) is 3.59. The zero-order valence-electron chi connectivity index (χ0n) is 15.5. The first-order chi connectivity index (χ1) is 12.5. The van der Waals surface area contributed by atoms with Crippen LogP contribution in [0.1, 0.15) is 31.1 Å². The van der Waals surface area contributed by atoms with E-state index in [2.05, 4.69) is 33.0 Å². The molecule has 0 aliphatic carbocycles. The molecule has 0 spiro atoms. The Morgan fingerprint density at radius 1 is 1.35 bits per heavy atom. The molecular weight excluding hydrogens is 368 g/mol. The Kier molecular flexibility index (Phi) is 6.94. The van der Waals surface area contributed by atoms with E-state index in [0.717, 1.165) is 38.7 Å². The van der Waals surface area contributed by atoms with Crippen LogP contribution in [0, 0.1) is 5.92 Å². The number of guanidine groups is 1. The third-order valence-electron chi connectivity index (χ3n) is 5.09. The first-order valence-electron chi connectivity index (χ1n) is 9.54. The van der Waals surface area contributed by atoms with Gasteiger partial charge in [0.05, 0.1) is 11.5 Å². The van der Waals surface area contributed by atoms with Crippen LogP contribution in [-0.2, 0) is 16.4 Å². The van der Waals surface area contributed by atoms with Crippen LogP contribution in [0.2, 0.25) is 0 Å². The van der Waals surface area contributed by atoms with E-state index in [9.17, 15) is 8.42 Å². The van der Waals surface area contributed by atoms with Gasteiger partial charge in [-0.25, -0.2) is 8.42 Å². The lowest BCUT2D eigenvalue weighted by molar-refractivity contribution is 0.182. The van der Waals surface area contributed by atoms with E-state index >= 15 is 0 Å². The number of nitrogens with one attached hydrogen (secondary N) is 2. The van der Waals surface area contributed by atoms with Gasteiger partial charge in [-0.1, -0.05) is 6.07 Å². The Hall–Kier alpha value is -1.12. The highest BCUT2D eigenvalue weighted by Crippen LogP contribution is 2.21. The van der Waals surface area contributed by atoms with Gasteiger partial charge < -0.3 is 10.6 Å². The molecule has 8 heteroatoms. The average Bonchev–Trinajstić information content (AvgIpc) is 3.23. The molecule has 2 aliphatic rings. The van der Waals surface area contributed by atoms with Crippen LogP contribution in [-0.4, -0.2) is 63.0 Å². The van der Waals surface area contributed by atoms with Crippen molar-refractivity contribution in [1.82, 2.24) is 15.5 Å². The smallest absolute Gasteiger partial charge is 0.191 e. The molecule has 1 atom stereocenters. The number of sulfone groups is 1. The van der Waals surface area contributed by atoms with Gasteiger partial charge in [-0.15, -0.1) is 11.3 Å². The van der Waals surface area contributed by atoms with Crippen molar-refractivity contribution in [2.45, 2.75) is 38.8 Å². The van der Waals surface area contributed by atoms with Crippen LogP contribution >= 0.6 is 11.3 Å². The molecular formula is C18H30N4O2S2. The fraction of sp³-hybridized carbons (Fsp3) is 0.722. The molecule has 1 unspecified atom stereocenters. The Morgan fingerprint density at radius 3 is 2.77 bits per heavy atom. The summed E-state index contributed by atoms with van der Waals surface area (Å²) in [6, 6.07) is 4.32. The molecule has 2 aliphatic heterocycles. The van der Waals surface area contributed by atoms with Gasteiger partial charge in [0.1, 0.15) is 0 Å². The summed E-state index contributed by atoms with van der Waals surface area (Å²) in [4.78, 5) is 8.70. The van der Waals surface area contributed by atoms with Crippen LogP contribution in [0.3, 0.4) is 0 Å². The summed E-state index contributed by atoms with van der Waals surface area (Å²) in [5.74, 6) is 1.87. The third-order valence-corrected chi connectivity index (χ3v) is 7.72. The topological polar surface area (TPSA) is 73.8 Å². The fourth-order valence-corrected chi connectivity index (χ4v) is 6.01. The highest BCUT2D eigenvalue weighted by atomic mass is 32.2. The number of likely N-dealkylation sites (tertiary alicyclic amines) is 1. The molecule has 2 N–H and O–H groups in total. The molecule has 2 fully saturated rings. The van der Waals surface area contributed by atoms with E-state index in [1.165, 1.54) is 17.7 Å². The van der Waals surface area contributed by atoms with Crippen LogP contribution in [0.4, 0.5) is 0 Å². The predicted molar refractivity (Wildman–Crippen MR) is 108 cm³/mol. The second-order valence-corrected chi connectivity index (χ2v) is 10.5. The molecule has 26 heavy (non-hydrogen) atoms. The summed E-state index contributed by atoms with van der Waals surface area (Å²) in [5.41, 5.74) is 0. The standard InChI is InChI=1S/C18H30N4O2S2/c1-2-19-18(21-16-7-11-26(23,24)14-16)20-12-15-5-8-22(9-6-15)13-17-4-3-10-25-17/h3-4,10,15-16H,2,5-9,11-14H2,1H3,(H2,19,20,21). The number of piperidine rings is 1. The number of thiophene rings is 1. The Balaban J connectivity index is 1.44. The van der Waals surface area contributed by atoms with Gasteiger partial charge in [0.25, 0.3) is 0 Å². The number of hydrogen-bond donors (Lipinski definition) is 2. The molecule has 3 heterocycles. The van der Waals surface area contributed by atoms with Gasteiger partial charge in [-0.05, 0) is 56.6 Å². The van der Waals surface area contributed by atoms with Crippen LogP contribution < -0.4 is 10.6 Å². The molecule has 2 saturated heterocycles. The average molecular weight is 399 g/mol. The molecule has 3 rings (SSSR count). The molecule has 0 radical (unpaired) electrons. The third kappa shape index (κ3) is 5.96.